The number of para-hydroxylation sites is 1. The van der Waals surface area contributed by atoms with Crippen LogP contribution in [0.1, 0.15) is 21.5 Å². The molecule has 0 aliphatic heterocycles. The quantitative estimate of drug-likeness (QED) is 0.495. The molecule has 0 atom stereocenters. The van der Waals surface area contributed by atoms with E-state index in [9.17, 15) is 18.0 Å². The molecule has 172 valence electrons. The second-order valence-corrected chi connectivity index (χ2v) is 9.53. The molecular formula is C24H25N3O5S. The zero-order valence-electron chi connectivity index (χ0n) is 18.3. The lowest BCUT2D eigenvalue weighted by atomic mass is 10.0. The van der Waals surface area contributed by atoms with E-state index >= 15 is 0 Å². The Balaban J connectivity index is 1.56. The number of carbonyl (C=O) groups is 2. The molecule has 0 aromatic heterocycles. The molecule has 0 saturated carbocycles. The van der Waals surface area contributed by atoms with Gasteiger partial charge in [0.25, 0.3) is 11.8 Å². The fourth-order valence-electron chi connectivity index (χ4n) is 2.99. The minimum atomic E-state index is -3.68. The number of benzene rings is 3. The number of hydrogen-bond acceptors (Lipinski definition) is 5. The van der Waals surface area contributed by atoms with Crippen molar-refractivity contribution in [2.24, 2.45) is 0 Å². The van der Waals surface area contributed by atoms with Crippen LogP contribution in [0.15, 0.2) is 83.8 Å². The summed E-state index contributed by atoms with van der Waals surface area (Å²) in [5, 5.41) is 0. The predicted octanol–water partition coefficient (Wildman–Crippen LogP) is 2.37. The van der Waals surface area contributed by atoms with E-state index in [2.05, 4.69) is 10.9 Å². The molecule has 0 radical (unpaired) electrons. The van der Waals surface area contributed by atoms with E-state index in [0.717, 1.165) is 15.4 Å². The van der Waals surface area contributed by atoms with Gasteiger partial charge < -0.3 is 4.74 Å². The highest BCUT2D eigenvalue weighted by Crippen LogP contribution is 2.21. The summed E-state index contributed by atoms with van der Waals surface area (Å²) in [7, 11) is -0.878. The Bertz CT molecular complexity index is 1230. The molecule has 0 aliphatic carbocycles. The average molecular weight is 468 g/mol. The monoisotopic (exact) mass is 467 g/mol. The van der Waals surface area contributed by atoms with Crippen molar-refractivity contribution in [3.05, 3.63) is 95.6 Å². The Hall–Kier alpha value is -3.69. The Morgan fingerprint density at radius 3 is 2.30 bits per heavy atom. The zero-order valence-corrected chi connectivity index (χ0v) is 19.1. The summed E-state index contributed by atoms with van der Waals surface area (Å²) < 4.78 is 31.2. The number of hydrogen-bond donors (Lipinski definition) is 2. The summed E-state index contributed by atoms with van der Waals surface area (Å²) in [5.74, 6) is -0.636. The van der Waals surface area contributed by atoms with Crippen LogP contribution in [-0.4, -0.2) is 45.2 Å². The zero-order chi connectivity index (χ0) is 23.8. The van der Waals surface area contributed by atoms with E-state index in [1.54, 1.807) is 6.07 Å². The van der Waals surface area contributed by atoms with Crippen molar-refractivity contribution in [1.29, 1.82) is 0 Å². The third-order valence-electron chi connectivity index (χ3n) is 4.76. The number of ether oxygens (including phenoxy) is 1. The van der Waals surface area contributed by atoms with Crippen LogP contribution in [0, 0.1) is 0 Å². The number of hydrazine groups is 1. The van der Waals surface area contributed by atoms with Crippen LogP contribution in [0.2, 0.25) is 0 Å². The largest absolute Gasteiger partial charge is 0.483 e. The first-order valence-electron chi connectivity index (χ1n) is 10.1. The van der Waals surface area contributed by atoms with Crippen molar-refractivity contribution in [3.8, 4) is 5.75 Å². The first-order valence-corrected chi connectivity index (χ1v) is 11.6. The second-order valence-electron chi connectivity index (χ2n) is 7.38. The van der Waals surface area contributed by atoms with Crippen molar-refractivity contribution < 1.29 is 22.7 Å². The van der Waals surface area contributed by atoms with Crippen molar-refractivity contribution >= 4 is 21.8 Å². The molecule has 3 aromatic carbocycles. The minimum Gasteiger partial charge on any atom is -0.483 e. The highest BCUT2D eigenvalue weighted by atomic mass is 32.2. The van der Waals surface area contributed by atoms with E-state index < -0.39 is 21.8 Å². The number of nitrogens with zero attached hydrogens (tertiary/aromatic N) is 1. The van der Waals surface area contributed by atoms with Crippen molar-refractivity contribution in [2.45, 2.75) is 11.3 Å². The highest BCUT2D eigenvalue weighted by Gasteiger charge is 2.19. The Morgan fingerprint density at radius 2 is 1.58 bits per heavy atom. The van der Waals surface area contributed by atoms with Crippen LogP contribution in [0.3, 0.4) is 0 Å². The maximum atomic E-state index is 12.4. The summed E-state index contributed by atoms with van der Waals surface area (Å²) >= 11 is 0. The van der Waals surface area contributed by atoms with E-state index in [0.29, 0.717) is 12.2 Å². The fraction of sp³-hybridized carbons (Fsp3) is 0.167. The van der Waals surface area contributed by atoms with Crippen LogP contribution in [-0.2, 0) is 21.2 Å². The topological polar surface area (TPSA) is 105 Å². The third-order valence-corrected chi connectivity index (χ3v) is 6.57. The van der Waals surface area contributed by atoms with Crippen LogP contribution in [0.25, 0.3) is 0 Å². The van der Waals surface area contributed by atoms with Gasteiger partial charge in [-0.2, -0.15) is 0 Å². The van der Waals surface area contributed by atoms with Gasteiger partial charge in [0, 0.05) is 26.1 Å². The molecule has 0 heterocycles. The number of nitrogens with one attached hydrogen (secondary N) is 2. The minimum absolute atomic E-state index is 0.0233. The van der Waals surface area contributed by atoms with Gasteiger partial charge in [-0.15, -0.1) is 0 Å². The highest BCUT2D eigenvalue weighted by molar-refractivity contribution is 7.89. The van der Waals surface area contributed by atoms with E-state index in [4.69, 9.17) is 4.74 Å². The van der Waals surface area contributed by atoms with E-state index in [1.165, 1.54) is 38.4 Å². The van der Waals surface area contributed by atoms with Crippen molar-refractivity contribution in [1.82, 2.24) is 15.2 Å². The van der Waals surface area contributed by atoms with Crippen molar-refractivity contribution in [3.63, 3.8) is 0 Å². The van der Waals surface area contributed by atoms with Gasteiger partial charge in [-0.3, -0.25) is 20.4 Å². The molecule has 2 amide bonds. The lowest BCUT2D eigenvalue weighted by Gasteiger charge is -2.13. The van der Waals surface area contributed by atoms with Crippen LogP contribution in [0.4, 0.5) is 0 Å². The molecule has 0 aliphatic rings. The standard InChI is InChI=1S/C24H25N3O5S/c1-27(2)33(30,31)21-13-8-12-20(16-21)24(29)26-25-23(28)17-32-22-14-7-6-11-19(22)15-18-9-4-3-5-10-18/h3-14,16H,15,17H2,1-2H3,(H,25,28)(H,26,29). The summed E-state index contributed by atoms with van der Waals surface area (Å²) in [6.45, 7) is -0.304. The number of sulfonamides is 1. The van der Waals surface area contributed by atoms with Gasteiger partial charge in [-0.25, -0.2) is 12.7 Å². The smallest absolute Gasteiger partial charge is 0.276 e. The molecule has 9 heteroatoms. The van der Waals surface area contributed by atoms with Gasteiger partial charge in [-0.1, -0.05) is 54.6 Å². The van der Waals surface area contributed by atoms with Gasteiger partial charge in [0.05, 0.1) is 4.90 Å². The van der Waals surface area contributed by atoms with E-state index in [1.807, 2.05) is 48.5 Å². The molecule has 3 rings (SSSR count). The third kappa shape index (κ3) is 6.41. The summed E-state index contributed by atoms with van der Waals surface area (Å²) in [4.78, 5) is 24.5. The Kier molecular flexibility index (Phi) is 7.81. The Morgan fingerprint density at radius 1 is 0.879 bits per heavy atom. The van der Waals surface area contributed by atoms with Crippen LogP contribution in [0.5, 0.6) is 5.75 Å². The molecule has 0 unspecified atom stereocenters. The van der Waals surface area contributed by atoms with Gasteiger partial charge in [-0.05, 0) is 35.4 Å². The average Bonchev–Trinajstić information content (AvgIpc) is 2.82. The molecule has 8 nitrogen and oxygen atoms in total. The fourth-order valence-corrected chi connectivity index (χ4v) is 3.94. The molecule has 3 aromatic rings. The van der Waals surface area contributed by atoms with E-state index in [-0.39, 0.29) is 17.1 Å². The molecule has 33 heavy (non-hydrogen) atoms. The SMILES string of the molecule is CN(C)S(=O)(=O)c1cccc(C(=O)NNC(=O)COc2ccccc2Cc2ccccc2)c1. The summed E-state index contributed by atoms with van der Waals surface area (Å²) in [6, 6.07) is 22.9. The molecular weight excluding hydrogens is 442 g/mol. The van der Waals surface area contributed by atoms with Gasteiger partial charge in [0.1, 0.15) is 5.75 Å². The molecule has 0 spiro atoms. The molecule has 0 saturated heterocycles. The maximum Gasteiger partial charge on any atom is 0.276 e. The second kappa shape index (κ2) is 10.8. The molecule has 0 fully saturated rings. The van der Waals surface area contributed by atoms with Gasteiger partial charge >= 0.3 is 0 Å². The summed E-state index contributed by atoms with van der Waals surface area (Å²) in [6.07, 6.45) is 0.654. The van der Waals surface area contributed by atoms with Crippen LogP contribution < -0.4 is 15.6 Å². The van der Waals surface area contributed by atoms with Crippen molar-refractivity contribution in [2.75, 3.05) is 20.7 Å². The van der Waals surface area contributed by atoms with Gasteiger partial charge in [0.15, 0.2) is 6.61 Å². The number of rotatable bonds is 8. The lowest BCUT2D eigenvalue weighted by molar-refractivity contribution is -0.123. The predicted molar refractivity (Wildman–Crippen MR) is 124 cm³/mol. The molecule has 2 N–H and O–H groups in total. The number of amides is 2. The summed E-state index contributed by atoms with van der Waals surface area (Å²) in [5.41, 5.74) is 6.68. The van der Waals surface area contributed by atoms with Gasteiger partial charge in [0.2, 0.25) is 10.0 Å². The normalized spacial score (nSPS) is 11.1. The lowest BCUT2D eigenvalue weighted by Crippen LogP contribution is -2.43. The Labute approximate surface area is 193 Å². The molecule has 0 bridgehead atoms. The number of carbonyl (C=O) groups excluding carboxylic acids is 2. The first kappa shape index (κ1) is 24.0. The van der Waals surface area contributed by atoms with Crippen LogP contribution >= 0.6 is 0 Å². The first-order chi connectivity index (χ1) is 15.8. The maximum absolute atomic E-state index is 12.4.